The van der Waals surface area contributed by atoms with E-state index in [9.17, 15) is 10.0 Å². The van der Waals surface area contributed by atoms with Gasteiger partial charge in [0.15, 0.2) is 6.21 Å². The second-order valence-corrected chi connectivity index (χ2v) is 7.08. The number of anilines is 1. The highest BCUT2D eigenvalue weighted by molar-refractivity contribution is 5.96. The molecule has 1 aliphatic heterocycles. The van der Waals surface area contributed by atoms with E-state index in [2.05, 4.69) is 10.3 Å². The average Bonchev–Trinajstić information content (AvgIpc) is 3.19. The van der Waals surface area contributed by atoms with Crippen LogP contribution in [-0.4, -0.2) is 51.0 Å². The Kier molecular flexibility index (Phi) is 3.83. The van der Waals surface area contributed by atoms with Crippen molar-refractivity contribution >= 4 is 29.0 Å². The van der Waals surface area contributed by atoms with E-state index in [1.54, 1.807) is 30.1 Å². The molecule has 2 amide bonds. The molecule has 1 aliphatic rings. The maximum Gasteiger partial charge on any atom is 0.330 e. The topological polar surface area (TPSA) is 88.5 Å². The fraction of sp³-hybridized carbons (Fsp3) is 0.263. The first-order valence-corrected chi connectivity index (χ1v) is 8.54. The quantitative estimate of drug-likeness (QED) is 0.308. The highest BCUT2D eigenvalue weighted by Gasteiger charge is 2.55. The van der Waals surface area contributed by atoms with Crippen molar-refractivity contribution in [3.8, 4) is 0 Å². The van der Waals surface area contributed by atoms with Crippen molar-refractivity contribution in [2.24, 2.45) is 0 Å². The minimum Gasteiger partial charge on any atom is -0.622 e. The number of carbonyl (C=O) groups excluding carboxylic acids is 1. The summed E-state index contributed by atoms with van der Waals surface area (Å²) < 4.78 is 5.52. The van der Waals surface area contributed by atoms with E-state index in [1.807, 2.05) is 44.2 Å². The van der Waals surface area contributed by atoms with Gasteiger partial charge in [0.2, 0.25) is 0 Å². The second-order valence-electron chi connectivity index (χ2n) is 7.08. The fourth-order valence-corrected chi connectivity index (χ4v) is 3.36. The normalized spacial score (nSPS) is 19.9. The Hall–Kier alpha value is -3.42. The summed E-state index contributed by atoms with van der Waals surface area (Å²) in [7, 11) is 1.71. The Balaban J connectivity index is 1.78. The Morgan fingerprint density at radius 1 is 1.15 bits per heavy atom. The molecule has 0 spiro atoms. The van der Waals surface area contributed by atoms with Crippen LogP contribution in [0.2, 0.25) is 0 Å². The predicted molar refractivity (Wildman–Crippen MR) is 101 cm³/mol. The number of urea groups is 1. The molecule has 4 rings (SSSR count). The lowest BCUT2D eigenvalue weighted by molar-refractivity contribution is -0.504. The number of fused-ring (bicyclic) bond motifs is 1. The van der Waals surface area contributed by atoms with Crippen molar-refractivity contribution in [1.29, 1.82) is 0 Å². The van der Waals surface area contributed by atoms with Crippen LogP contribution < -0.4 is 4.90 Å². The highest BCUT2D eigenvalue weighted by Crippen LogP contribution is 2.35. The third-order valence-corrected chi connectivity index (χ3v) is 5.06. The van der Waals surface area contributed by atoms with Crippen LogP contribution in [-0.2, 0) is 0 Å². The maximum absolute atomic E-state index is 13.2. The number of aromatic nitrogens is 2. The first kappa shape index (κ1) is 17.0. The van der Waals surface area contributed by atoms with Gasteiger partial charge < -0.3 is 10.1 Å². The number of nitrogens with zero attached hydrogens (tertiary/aromatic N) is 5. The largest absolute Gasteiger partial charge is 0.622 e. The first-order valence-electron chi connectivity index (χ1n) is 8.54. The Bertz CT molecular complexity index is 1030. The average molecular weight is 365 g/mol. The van der Waals surface area contributed by atoms with Crippen molar-refractivity contribution in [3.63, 3.8) is 0 Å². The standard InChI is InChI=1S/C19H19N5O3/c1-19(2)17(24(18(25)22(19)3)14-7-5-4-6-8-14)23(26)12-13-9-10-15-16(11-13)21-27-20-15/h4-12,17H,1-3H3/b23-12+/t17-/m1/s1. The molecule has 0 bridgehead atoms. The summed E-state index contributed by atoms with van der Waals surface area (Å²) in [4.78, 5) is 16.0. The summed E-state index contributed by atoms with van der Waals surface area (Å²) in [6.45, 7) is 3.75. The molecule has 0 radical (unpaired) electrons. The van der Waals surface area contributed by atoms with Gasteiger partial charge in [-0.3, -0.25) is 0 Å². The van der Waals surface area contributed by atoms with E-state index in [0.29, 0.717) is 22.3 Å². The molecule has 1 atom stereocenters. The van der Waals surface area contributed by atoms with Crippen molar-refractivity contribution in [3.05, 3.63) is 59.3 Å². The van der Waals surface area contributed by atoms with Crippen LogP contribution in [0.5, 0.6) is 0 Å². The van der Waals surface area contributed by atoms with Gasteiger partial charge >= 0.3 is 6.03 Å². The molecule has 0 N–H and O–H groups in total. The number of amides is 2. The van der Waals surface area contributed by atoms with Gasteiger partial charge in [-0.15, -0.1) is 0 Å². The molecular weight excluding hydrogens is 346 g/mol. The van der Waals surface area contributed by atoms with Gasteiger partial charge in [-0.2, -0.15) is 4.74 Å². The minimum atomic E-state index is -0.733. The summed E-state index contributed by atoms with van der Waals surface area (Å²) in [6.07, 6.45) is 0.728. The van der Waals surface area contributed by atoms with E-state index in [4.69, 9.17) is 4.63 Å². The Morgan fingerprint density at radius 3 is 2.59 bits per heavy atom. The summed E-state index contributed by atoms with van der Waals surface area (Å²) >= 11 is 0. The summed E-state index contributed by atoms with van der Waals surface area (Å²) in [5, 5.41) is 20.7. The maximum atomic E-state index is 13.2. The molecule has 138 valence electrons. The van der Waals surface area contributed by atoms with Crippen molar-refractivity contribution in [1.82, 2.24) is 15.2 Å². The van der Waals surface area contributed by atoms with Crippen LogP contribution in [0.3, 0.4) is 0 Å². The van der Waals surface area contributed by atoms with Crippen LogP contribution in [0.1, 0.15) is 19.4 Å². The third-order valence-electron chi connectivity index (χ3n) is 5.06. The van der Waals surface area contributed by atoms with Gasteiger partial charge in [-0.1, -0.05) is 18.2 Å². The first-order chi connectivity index (χ1) is 12.9. The van der Waals surface area contributed by atoms with Crippen molar-refractivity contribution < 1.29 is 14.2 Å². The molecule has 1 aromatic heterocycles. The number of hydrogen-bond acceptors (Lipinski definition) is 5. The summed E-state index contributed by atoms with van der Waals surface area (Å²) in [6, 6.07) is 14.2. The van der Waals surface area contributed by atoms with Gasteiger partial charge in [0.25, 0.3) is 6.17 Å². The van der Waals surface area contributed by atoms with Crippen molar-refractivity contribution in [2.45, 2.75) is 25.6 Å². The van der Waals surface area contributed by atoms with Gasteiger partial charge in [0.05, 0.1) is 5.69 Å². The molecule has 8 heteroatoms. The van der Waals surface area contributed by atoms with Crippen LogP contribution >= 0.6 is 0 Å². The molecule has 0 saturated carbocycles. The Labute approximate surface area is 155 Å². The SMILES string of the molecule is CN1C(=O)N(c2ccccc2)[C@@H](/[N+]([O-])=C\c2ccc3nonc3c2)C1(C)C. The molecule has 1 saturated heterocycles. The van der Waals surface area contributed by atoms with E-state index in [-0.39, 0.29) is 6.03 Å². The van der Waals surface area contributed by atoms with E-state index in [1.165, 1.54) is 11.1 Å². The van der Waals surface area contributed by atoms with Gasteiger partial charge in [-0.25, -0.2) is 14.3 Å². The zero-order chi connectivity index (χ0) is 19.2. The number of carbonyl (C=O) groups is 1. The number of hydroxylamine groups is 1. The fourth-order valence-electron chi connectivity index (χ4n) is 3.36. The van der Waals surface area contributed by atoms with Crippen LogP contribution in [0.15, 0.2) is 53.2 Å². The number of hydrogen-bond donors (Lipinski definition) is 0. The second kappa shape index (κ2) is 6.08. The van der Waals surface area contributed by atoms with E-state index >= 15 is 0 Å². The minimum absolute atomic E-state index is 0.221. The molecule has 2 aromatic carbocycles. The molecular formula is C19H19N5O3. The number of likely N-dealkylation sites (N-methyl/N-ethyl adjacent to an activating group) is 1. The molecule has 8 nitrogen and oxygen atoms in total. The van der Waals surface area contributed by atoms with Crippen LogP contribution in [0.25, 0.3) is 11.0 Å². The summed E-state index contributed by atoms with van der Waals surface area (Å²) in [5.74, 6) is 0. The van der Waals surface area contributed by atoms with Crippen LogP contribution in [0.4, 0.5) is 10.5 Å². The molecule has 3 aromatic rings. The zero-order valence-electron chi connectivity index (χ0n) is 15.2. The van der Waals surface area contributed by atoms with Crippen LogP contribution in [0, 0.1) is 5.21 Å². The Morgan fingerprint density at radius 2 is 1.85 bits per heavy atom. The molecule has 1 fully saturated rings. The lowest BCUT2D eigenvalue weighted by atomic mass is 10.0. The molecule has 2 heterocycles. The number of rotatable bonds is 3. The van der Waals surface area contributed by atoms with Gasteiger partial charge in [-0.05, 0) is 54.5 Å². The molecule has 0 unspecified atom stereocenters. The smallest absolute Gasteiger partial charge is 0.330 e. The van der Waals surface area contributed by atoms with Gasteiger partial charge in [0.1, 0.15) is 16.6 Å². The highest BCUT2D eigenvalue weighted by atomic mass is 16.6. The monoisotopic (exact) mass is 365 g/mol. The molecule has 0 aliphatic carbocycles. The predicted octanol–water partition coefficient (Wildman–Crippen LogP) is 2.83. The zero-order valence-corrected chi connectivity index (χ0v) is 15.2. The van der Waals surface area contributed by atoms with Gasteiger partial charge in [0, 0.05) is 12.6 Å². The van der Waals surface area contributed by atoms with Crippen molar-refractivity contribution in [2.75, 3.05) is 11.9 Å². The lowest BCUT2D eigenvalue weighted by Crippen LogP contribution is -2.51. The lowest BCUT2D eigenvalue weighted by Gasteiger charge is -2.31. The molecule has 27 heavy (non-hydrogen) atoms. The van der Waals surface area contributed by atoms with E-state index in [0.717, 1.165) is 4.74 Å². The number of para-hydroxylation sites is 1. The summed E-state index contributed by atoms with van der Waals surface area (Å²) in [5.41, 5.74) is 1.81. The number of benzene rings is 2. The third kappa shape index (κ3) is 2.69. The van der Waals surface area contributed by atoms with E-state index < -0.39 is 11.7 Å².